The highest BCUT2D eigenvalue weighted by Crippen LogP contribution is 2.24. The fourth-order valence-corrected chi connectivity index (χ4v) is 1.92. The van der Waals surface area contributed by atoms with E-state index >= 15 is 0 Å². The molecular formula is C12H19ClN2. The van der Waals surface area contributed by atoms with Crippen molar-refractivity contribution < 1.29 is 0 Å². The minimum absolute atomic E-state index is 0.283. The lowest BCUT2D eigenvalue weighted by molar-refractivity contribution is 0.502. The molecule has 84 valence electrons. The van der Waals surface area contributed by atoms with Crippen LogP contribution in [0.3, 0.4) is 0 Å². The summed E-state index contributed by atoms with van der Waals surface area (Å²) in [4.78, 5) is 4.33. The number of pyridine rings is 1. The first-order chi connectivity index (χ1) is 7.29. The molecule has 0 aromatic carbocycles. The van der Waals surface area contributed by atoms with Gasteiger partial charge in [0.25, 0.3) is 0 Å². The van der Waals surface area contributed by atoms with Crippen molar-refractivity contribution in [2.24, 2.45) is 0 Å². The quantitative estimate of drug-likeness (QED) is 0.751. The van der Waals surface area contributed by atoms with Crippen LogP contribution in [-0.4, -0.2) is 12.0 Å². The van der Waals surface area contributed by atoms with E-state index in [1.54, 1.807) is 6.20 Å². The molecule has 1 heterocycles. The second-order valence-electron chi connectivity index (χ2n) is 3.71. The third-order valence-electron chi connectivity index (χ3n) is 2.56. The van der Waals surface area contributed by atoms with E-state index in [2.05, 4.69) is 17.2 Å². The highest BCUT2D eigenvalue weighted by molar-refractivity contribution is 6.31. The van der Waals surface area contributed by atoms with Gasteiger partial charge in [0.05, 0.1) is 16.8 Å². The van der Waals surface area contributed by atoms with E-state index in [9.17, 15) is 0 Å². The predicted molar refractivity (Wildman–Crippen MR) is 65.2 cm³/mol. The summed E-state index contributed by atoms with van der Waals surface area (Å²) in [5, 5.41) is 4.03. The normalized spacial score (nSPS) is 12.7. The number of hydrogen-bond donors (Lipinski definition) is 1. The number of hydrogen-bond acceptors (Lipinski definition) is 2. The molecular weight excluding hydrogens is 208 g/mol. The Morgan fingerprint density at radius 1 is 1.47 bits per heavy atom. The van der Waals surface area contributed by atoms with Gasteiger partial charge in [-0.1, -0.05) is 37.8 Å². The van der Waals surface area contributed by atoms with Crippen LogP contribution in [0.5, 0.6) is 0 Å². The van der Waals surface area contributed by atoms with Crippen LogP contribution in [0.4, 0.5) is 0 Å². The van der Waals surface area contributed by atoms with Gasteiger partial charge >= 0.3 is 0 Å². The van der Waals surface area contributed by atoms with E-state index in [-0.39, 0.29) is 6.04 Å². The molecule has 2 nitrogen and oxygen atoms in total. The van der Waals surface area contributed by atoms with Gasteiger partial charge in [-0.05, 0) is 25.6 Å². The van der Waals surface area contributed by atoms with Crippen molar-refractivity contribution >= 4 is 11.6 Å². The third-order valence-corrected chi connectivity index (χ3v) is 2.88. The molecule has 0 aliphatic carbocycles. The van der Waals surface area contributed by atoms with E-state index in [1.165, 1.54) is 19.3 Å². The van der Waals surface area contributed by atoms with E-state index in [0.29, 0.717) is 0 Å². The Morgan fingerprint density at radius 2 is 2.27 bits per heavy atom. The summed E-state index contributed by atoms with van der Waals surface area (Å²) in [6, 6.07) is 4.05. The average molecular weight is 227 g/mol. The van der Waals surface area contributed by atoms with Crippen molar-refractivity contribution in [1.82, 2.24) is 10.3 Å². The standard InChI is InChI=1S/C12H19ClN2/c1-3-4-5-8-11(14-2)12-10(13)7-6-9-15-12/h6-7,9,11,14H,3-5,8H2,1-2H3. The van der Waals surface area contributed by atoms with Gasteiger partial charge in [0, 0.05) is 6.20 Å². The highest BCUT2D eigenvalue weighted by Gasteiger charge is 2.12. The molecule has 1 atom stereocenters. The van der Waals surface area contributed by atoms with Crippen molar-refractivity contribution in [3.63, 3.8) is 0 Å². The molecule has 15 heavy (non-hydrogen) atoms. The van der Waals surface area contributed by atoms with Crippen LogP contribution in [-0.2, 0) is 0 Å². The summed E-state index contributed by atoms with van der Waals surface area (Å²) < 4.78 is 0. The zero-order valence-electron chi connectivity index (χ0n) is 9.46. The van der Waals surface area contributed by atoms with Gasteiger partial charge in [-0.25, -0.2) is 0 Å². The summed E-state index contributed by atoms with van der Waals surface area (Å²) in [5.74, 6) is 0. The maximum Gasteiger partial charge on any atom is 0.0758 e. The van der Waals surface area contributed by atoms with E-state index in [4.69, 9.17) is 11.6 Å². The summed E-state index contributed by atoms with van der Waals surface area (Å²) >= 11 is 6.11. The van der Waals surface area contributed by atoms with Gasteiger partial charge in [-0.3, -0.25) is 4.98 Å². The molecule has 0 fully saturated rings. The van der Waals surface area contributed by atoms with Gasteiger partial charge < -0.3 is 5.32 Å². The van der Waals surface area contributed by atoms with Crippen LogP contribution >= 0.6 is 11.6 Å². The van der Waals surface area contributed by atoms with Gasteiger partial charge in [0.1, 0.15) is 0 Å². The number of rotatable bonds is 6. The minimum atomic E-state index is 0.283. The fourth-order valence-electron chi connectivity index (χ4n) is 1.67. The van der Waals surface area contributed by atoms with Gasteiger partial charge in [-0.2, -0.15) is 0 Å². The van der Waals surface area contributed by atoms with Gasteiger partial charge in [-0.15, -0.1) is 0 Å². The average Bonchev–Trinajstić information content (AvgIpc) is 2.26. The Kier molecular flexibility index (Phi) is 5.66. The Bertz CT molecular complexity index is 289. The van der Waals surface area contributed by atoms with Crippen molar-refractivity contribution in [3.8, 4) is 0 Å². The molecule has 1 rings (SSSR count). The number of halogens is 1. The van der Waals surface area contributed by atoms with Crippen LogP contribution in [0.15, 0.2) is 18.3 Å². The minimum Gasteiger partial charge on any atom is -0.312 e. The van der Waals surface area contributed by atoms with Crippen LogP contribution in [0.1, 0.15) is 44.3 Å². The summed E-state index contributed by atoms with van der Waals surface area (Å²) in [6.07, 6.45) is 6.62. The molecule has 1 aromatic rings. The van der Waals surface area contributed by atoms with Crippen LogP contribution in [0.2, 0.25) is 5.02 Å². The molecule has 1 N–H and O–H groups in total. The lowest BCUT2D eigenvalue weighted by Gasteiger charge is -2.16. The molecule has 0 radical (unpaired) electrons. The van der Waals surface area contributed by atoms with Crippen molar-refractivity contribution in [3.05, 3.63) is 29.0 Å². The predicted octanol–water partition coefficient (Wildman–Crippen LogP) is 3.58. The second-order valence-corrected chi connectivity index (χ2v) is 4.11. The Balaban J connectivity index is 2.61. The first-order valence-electron chi connectivity index (χ1n) is 5.57. The van der Waals surface area contributed by atoms with Crippen molar-refractivity contribution in [1.29, 1.82) is 0 Å². The van der Waals surface area contributed by atoms with Crippen LogP contribution in [0.25, 0.3) is 0 Å². The first kappa shape index (κ1) is 12.5. The number of nitrogens with zero attached hydrogens (tertiary/aromatic N) is 1. The maximum atomic E-state index is 6.11. The lowest BCUT2D eigenvalue weighted by Crippen LogP contribution is -2.17. The molecule has 0 saturated heterocycles. The monoisotopic (exact) mass is 226 g/mol. The summed E-state index contributed by atoms with van der Waals surface area (Å²) in [7, 11) is 1.96. The largest absolute Gasteiger partial charge is 0.312 e. The topological polar surface area (TPSA) is 24.9 Å². The van der Waals surface area contributed by atoms with Crippen molar-refractivity contribution in [2.45, 2.75) is 38.6 Å². The summed E-state index contributed by atoms with van der Waals surface area (Å²) in [6.45, 7) is 2.21. The number of aromatic nitrogens is 1. The second kappa shape index (κ2) is 6.81. The van der Waals surface area contributed by atoms with Crippen LogP contribution in [0, 0.1) is 0 Å². The Morgan fingerprint density at radius 3 is 2.87 bits per heavy atom. The molecule has 0 bridgehead atoms. The number of unbranched alkanes of at least 4 members (excludes halogenated alkanes) is 2. The number of nitrogens with one attached hydrogen (secondary N) is 1. The fraction of sp³-hybridized carbons (Fsp3) is 0.583. The van der Waals surface area contributed by atoms with Gasteiger partial charge in [0.2, 0.25) is 0 Å². The SMILES string of the molecule is CCCCCC(NC)c1ncccc1Cl. The molecule has 0 aliphatic rings. The smallest absolute Gasteiger partial charge is 0.0758 e. The molecule has 3 heteroatoms. The molecule has 0 spiro atoms. The van der Waals surface area contributed by atoms with Crippen LogP contribution < -0.4 is 5.32 Å². The molecule has 0 aliphatic heterocycles. The van der Waals surface area contributed by atoms with Crippen molar-refractivity contribution in [2.75, 3.05) is 7.05 Å². The van der Waals surface area contributed by atoms with E-state index in [1.807, 2.05) is 19.2 Å². The molecule has 0 amide bonds. The van der Waals surface area contributed by atoms with Gasteiger partial charge in [0.15, 0.2) is 0 Å². The third kappa shape index (κ3) is 3.80. The first-order valence-corrected chi connectivity index (χ1v) is 5.95. The Labute approximate surface area is 97.1 Å². The lowest BCUT2D eigenvalue weighted by atomic mass is 10.1. The highest BCUT2D eigenvalue weighted by atomic mass is 35.5. The molecule has 0 saturated carbocycles. The Hall–Kier alpha value is -0.600. The summed E-state index contributed by atoms with van der Waals surface area (Å²) in [5.41, 5.74) is 0.970. The van der Waals surface area contributed by atoms with E-state index < -0.39 is 0 Å². The zero-order chi connectivity index (χ0) is 11.1. The molecule has 1 unspecified atom stereocenters. The molecule has 1 aromatic heterocycles. The zero-order valence-corrected chi connectivity index (χ0v) is 10.2. The maximum absolute atomic E-state index is 6.11. The van der Waals surface area contributed by atoms with E-state index in [0.717, 1.165) is 17.1 Å².